The minimum Gasteiger partial charge on any atom is -0.313 e. The highest BCUT2D eigenvalue weighted by Gasteiger charge is 2.19. The normalized spacial score (nSPS) is 10.3. The van der Waals surface area contributed by atoms with Gasteiger partial charge in [-0.3, -0.25) is 20.0 Å². The number of nitrogens with one attached hydrogen (secondary N) is 2. The number of halogens is 1. The average molecular weight is 296 g/mol. The third-order valence-electron chi connectivity index (χ3n) is 2.47. The van der Waals surface area contributed by atoms with Gasteiger partial charge in [0.15, 0.2) is 0 Å². The van der Waals surface area contributed by atoms with Gasteiger partial charge in [-0.15, -0.1) is 5.10 Å². The molecule has 0 saturated heterocycles. The predicted molar refractivity (Wildman–Crippen MR) is 71.8 cm³/mol. The van der Waals surface area contributed by atoms with Crippen LogP contribution in [0, 0.1) is 10.1 Å². The van der Waals surface area contributed by atoms with E-state index in [4.69, 9.17) is 11.6 Å². The van der Waals surface area contributed by atoms with Crippen LogP contribution in [-0.4, -0.2) is 26.0 Å². The Kier molecular flexibility index (Phi) is 3.94. The van der Waals surface area contributed by atoms with Gasteiger partial charge < -0.3 is 5.32 Å². The zero-order valence-corrected chi connectivity index (χ0v) is 11.1. The zero-order chi connectivity index (χ0) is 14.7. The lowest BCUT2D eigenvalue weighted by molar-refractivity contribution is -0.383. The summed E-state index contributed by atoms with van der Waals surface area (Å²) in [6.45, 7) is 1.85. The summed E-state index contributed by atoms with van der Waals surface area (Å²) < 4.78 is 0. The van der Waals surface area contributed by atoms with Crippen LogP contribution in [0.1, 0.15) is 23.4 Å². The molecule has 0 bridgehead atoms. The van der Waals surface area contributed by atoms with Gasteiger partial charge in [0.25, 0.3) is 11.6 Å². The summed E-state index contributed by atoms with van der Waals surface area (Å²) in [5, 5.41) is 19.8. The molecule has 1 aromatic heterocycles. The molecule has 104 valence electrons. The van der Waals surface area contributed by atoms with Crippen molar-refractivity contribution in [1.82, 2.24) is 15.2 Å². The number of nitrogens with zero attached hydrogens (tertiary/aromatic N) is 3. The molecule has 1 amide bonds. The molecule has 1 aromatic carbocycles. The Labute approximate surface area is 118 Å². The first-order chi connectivity index (χ1) is 9.51. The van der Waals surface area contributed by atoms with E-state index in [0.717, 1.165) is 0 Å². The van der Waals surface area contributed by atoms with Gasteiger partial charge in [-0.05, 0) is 12.1 Å². The number of aromatic nitrogens is 3. The number of carbonyl (C=O) groups is 1. The highest BCUT2D eigenvalue weighted by molar-refractivity contribution is 6.31. The molecule has 0 aliphatic rings. The van der Waals surface area contributed by atoms with Crippen LogP contribution in [0.4, 0.5) is 11.4 Å². The second kappa shape index (κ2) is 5.66. The Morgan fingerprint density at radius 1 is 1.55 bits per heavy atom. The van der Waals surface area contributed by atoms with Crippen molar-refractivity contribution >= 4 is 28.9 Å². The Morgan fingerprint density at radius 2 is 2.30 bits per heavy atom. The molecule has 9 heteroatoms. The molecule has 0 spiro atoms. The summed E-state index contributed by atoms with van der Waals surface area (Å²) >= 11 is 5.77. The van der Waals surface area contributed by atoms with Crippen LogP contribution in [-0.2, 0) is 6.42 Å². The van der Waals surface area contributed by atoms with E-state index in [0.29, 0.717) is 12.2 Å². The van der Waals surface area contributed by atoms with E-state index >= 15 is 0 Å². The Hall–Kier alpha value is -2.48. The van der Waals surface area contributed by atoms with E-state index in [1.807, 2.05) is 6.92 Å². The summed E-state index contributed by atoms with van der Waals surface area (Å²) in [5.41, 5.74) is -0.260. The third kappa shape index (κ3) is 2.91. The molecule has 0 radical (unpaired) electrons. The standard InChI is InChI=1S/C11H10ClN5O3/c1-2-9-14-10(16-15-9)11(18)13-7-5-6(12)3-4-8(7)17(19)20/h3-5H,2H2,1H3,(H,13,18)(H,14,15,16). The third-order valence-corrected chi connectivity index (χ3v) is 2.71. The minimum atomic E-state index is -0.647. The molecule has 8 nitrogen and oxygen atoms in total. The lowest BCUT2D eigenvalue weighted by Gasteiger charge is -2.04. The summed E-state index contributed by atoms with van der Waals surface area (Å²) in [6.07, 6.45) is 0.595. The number of nitro groups is 1. The number of benzene rings is 1. The highest BCUT2D eigenvalue weighted by Crippen LogP contribution is 2.27. The number of hydrogen-bond donors (Lipinski definition) is 2. The second-order valence-corrected chi connectivity index (χ2v) is 4.27. The molecule has 0 fully saturated rings. The van der Waals surface area contributed by atoms with Crippen LogP contribution in [0.2, 0.25) is 5.02 Å². The molecule has 2 aromatic rings. The van der Waals surface area contributed by atoms with Gasteiger partial charge in [0.2, 0.25) is 5.82 Å². The smallest absolute Gasteiger partial charge is 0.295 e. The van der Waals surface area contributed by atoms with Crippen molar-refractivity contribution in [2.24, 2.45) is 0 Å². The monoisotopic (exact) mass is 295 g/mol. The summed E-state index contributed by atoms with van der Waals surface area (Å²) in [5.74, 6) is -0.182. The van der Waals surface area contributed by atoms with Gasteiger partial charge in [-0.25, -0.2) is 4.98 Å². The molecular formula is C11H10ClN5O3. The fourth-order valence-electron chi connectivity index (χ4n) is 1.50. The second-order valence-electron chi connectivity index (χ2n) is 3.83. The summed E-state index contributed by atoms with van der Waals surface area (Å²) in [4.78, 5) is 26.1. The van der Waals surface area contributed by atoms with E-state index in [1.54, 1.807) is 0 Å². The summed E-state index contributed by atoms with van der Waals surface area (Å²) in [7, 11) is 0. The van der Waals surface area contributed by atoms with E-state index in [1.165, 1.54) is 18.2 Å². The number of amides is 1. The van der Waals surface area contributed by atoms with Gasteiger partial charge in [0.05, 0.1) is 4.92 Å². The largest absolute Gasteiger partial charge is 0.313 e. The topological polar surface area (TPSA) is 114 Å². The van der Waals surface area contributed by atoms with Crippen LogP contribution >= 0.6 is 11.6 Å². The van der Waals surface area contributed by atoms with E-state index < -0.39 is 10.8 Å². The Morgan fingerprint density at radius 3 is 2.90 bits per heavy atom. The highest BCUT2D eigenvalue weighted by atomic mass is 35.5. The zero-order valence-electron chi connectivity index (χ0n) is 10.4. The molecule has 20 heavy (non-hydrogen) atoms. The Balaban J connectivity index is 2.27. The van der Waals surface area contributed by atoms with Crippen molar-refractivity contribution in [2.45, 2.75) is 13.3 Å². The van der Waals surface area contributed by atoms with Gasteiger partial charge in [-0.1, -0.05) is 18.5 Å². The number of carbonyl (C=O) groups excluding carboxylic acids is 1. The molecule has 0 atom stereocenters. The van der Waals surface area contributed by atoms with E-state index in [-0.39, 0.29) is 22.2 Å². The maximum atomic E-state index is 11.9. The number of aromatic amines is 1. The molecule has 0 unspecified atom stereocenters. The van der Waals surface area contributed by atoms with Crippen molar-refractivity contribution in [2.75, 3.05) is 5.32 Å². The van der Waals surface area contributed by atoms with Crippen molar-refractivity contribution < 1.29 is 9.72 Å². The Bertz CT molecular complexity index is 670. The van der Waals surface area contributed by atoms with Gasteiger partial charge in [0, 0.05) is 17.5 Å². The van der Waals surface area contributed by atoms with Crippen LogP contribution in [0.5, 0.6) is 0 Å². The SMILES string of the molecule is CCc1nc(C(=O)Nc2cc(Cl)ccc2[N+](=O)[O-])n[nH]1. The first-order valence-electron chi connectivity index (χ1n) is 5.67. The lowest BCUT2D eigenvalue weighted by atomic mass is 10.2. The number of anilines is 1. The first kappa shape index (κ1) is 13.9. The van der Waals surface area contributed by atoms with Gasteiger partial charge in [-0.2, -0.15) is 0 Å². The maximum Gasteiger partial charge on any atom is 0.295 e. The first-order valence-corrected chi connectivity index (χ1v) is 6.05. The van der Waals surface area contributed by atoms with Crippen molar-refractivity contribution in [1.29, 1.82) is 0 Å². The van der Waals surface area contributed by atoms with E-state index in [9.17, 15) is 14.9 Å². The van der Waals surface area contributed by atoms with E-state index in [2.05, 4.69) is 20.5 Å². The number of nitro benzene ring substituents is 1. The molecule has 2 N–H and O–H groups in total. The molecule has 0 saturated carbocycles. The number of rotatable bonds is 4. The van der Waals surface area contributed by atoms with Crippen LogP contribution < -0.4 is 5.32 Å². The fraction of sp³-hybridized carbons (Fsp3) is 0.182. The fourth-order valence-corrected chi connectivity index (χ4v) is 1.67. The summed E-state index contributed by atoms with van der Waals surface area (Å²) in [6, 6.07) is 3.88. The van der Waals surface area contributed by atoms with Crippen molar-refractivity contribution in [3.63, 3.8) is 0 Å². The molecule has 0 aliphatic heterocycles. The maximum absolute atomic E-state index is 11.9. The average Bonchev–Trinajstić information content (AvgIpc) is 2.87. The van der Waals surface area contributed by atoms with Crippen LogP contribution in [0.25, 0.3) is 0 Å². The molecule has 0 aliphatic carbocycles. The number of H-pyrrole nitrogens is 1. The van der Waals surface area contributed by atoms with Crippen molar-refractivity contribution in [3.05, 3.63) is 45.0 Å². The van der Waals surface area contributed by atoms with Crippen molar-refractivity contribution in [3.8, 4) is 0 Å². The molecule has 2 rings (SSSR count). The lowest BCUT2D eigenvalue weighted by Crippen LogP contribution is -2.15. The predicted octanol–water partition coefficient (Wildman–Crippen LogP) is 2.18. The van der Waals surface area contributed by atoms with Crippen LogP contribution in [0.15, 0.2) is 18.2 Å². The number of hydrogen-bond acceptors (Lipinski definition) is 5. The van der Waals surface area contributed by atoms with Crippen LogP contribution in [0.3, 0.4) is 0 Å². The molecule has 1 heterocycles. The van der Waals surface area contributed by atoms with Gasteiger partial charge >= 0.3 is 0 Å². The molecular weight excluding hydrogens is 286 g/mol. The number of aryl methyl sites for hydroxylation is 1. The minimum absolute atomic E-state index is 0.00431. The van der Waals surface area contributed by atoms with Gasteiger partial charge in [0.1, 0.15) is 11.5 Å². The quantitative estimate of drug-likeness (QED) is 0.663.